The molecule has 0 amide bonds. The number of hydrogen-bond acceptors (Lipinski definition) is 3. The molecular formula is C15H17ClN2O. The number of rotatable bonds is 5. The van der Waals surface area contributed by atoms with Crippen molar-refractivity contribution in [2.24, 2.45) is 0 Å². The summed E-state index contributed by atoms with van der Waals surface area (Å²) in [6.07, 6.45) is 0. The molecule has 19 heavy (non-hydrogen) atoms. The fourth-order valence-corrected chi connectivity index (χ4v) is 2.05. The molecule has 1 N–H and O–H groups in total. The molecule has 0 aliphatic carbocycles. The number of ether oxygens (including phenoxy) is 1. The molecule has 1 aromatic heterocycles. The smallest absolute Gasteiger partial charge is 0.213 e. The van der Waals surface area contributed by atoms with Gasteiger partial charge in [0.25, 0.3) is 0 Å². The summed E-state index contributed by atoms with van der Waals surface area (Å²) >= 11 is 6.16. The highest BCUT2D eigenvalue weighted by Gasteiger charge is 2.07. The first-order valence-corrected chi connectivity index (χ1v) is 6.61. The molecule has 0 saturated heterocycles. The highest BCUT2D eigenvalue weighted by atomic mass is 35.5. The number of pyridine rings is 1. The van der Waals surface area contributed by atoms with Crippen molar-refractivity contribution in [1.29, 1.82) is 0 Å². The van der Waals surface area contributed by atoms with Crippen LogP contribution in [0.25, 0.3) is 0 Å². The Hall–Kier alpha value is -1.74. The number of halogens is 1. The topological polar surface area (TPSA) is 34.1 Å². The minimum Gasteiger partial charge on any atom is -0.481 e. The number of benzene rings is 1. The zero-order valence-corrected chi connectivity index (χ0v) is 11.8. The molecule has 100 valence electrons. The molecule has 2 rings (SSSR count). The van der Waals surface area contributed by atoms with Crippen LogP contribution in [0.1, 0.15) is 23.6 Å². The van der Waals surface area contributed by atoms with Gasteiger partial charge in [-0.15, -0.1) is 11.6 Å². The van der Waals surface area contributed by atoms with Crippen molar-refractivity contribution < 1.29 is 4.74 Å². The molecule has 0 fully saturated rings. The minimum absolute atomic E-state index is 0.0260. The van der Waals surface area contributed by atoms with Gasteiger partial charge in [0.1, 0.15) is 0 Å². The van der Waals surface area contributed by atoms with E-state index in [1.54, 1.807) is 7.11 Å². The molecule has 3 nitrogen and oxygen atoms in total. The first kappa shape index (κ1) is 13.7. The molecular weight excluding hydrogens is 260 g/mol. The third-order valence-electron chi connectivity index (χ3n) is 2.84. The van der Waals surface area contributed by atoms with E-state index in [0.29, 0.717) is 12.4 Å². The summed E-state index contributed by atoms with van der Waals surface area (Å²) in [4.78, 5) is 4.36. The predicted molar refractivity (Wildman–Crippen MR) is 78.8 cm³/mol. The van der Waals surface area contributed by atoms with E-state index in [1.807, 2.05) is 49.4 Å². The molecule has 0 aliphatic heterocycles. The van der Waals surface area contributed by atoms with Gasteiger partial charge in [-0.05, 0) is 24.6 Å². The van der Waals surface area contributed by atoms with Crippen LogP contribution in [0, 0.1) is 0 Å². The van der Waals surface area contributed by atoms with E-state index in [0.717, 1.165) is 16.9 Å². The molecule has 0 bridgehead atoms. The molecule has 1 atom stereocenters. The minimum atomic E-state index is -0.0260. The molecule has 1 aromatic carbocycles. The maximum atomic E-state index is 6.16. The van der Waals surface area contributed by atoms with Gasteiger partial charge in [0.15, 0.2) is 0 Å². The van der Waals surface area contributed by atoms with E-state index in [9.17, 15) is 0 Å². The Labute approximate surface area is 118 Å². The standard InChI is InChI=1S/C15H17ClN2O/c1-11(16)13-7-3-4-8-14(13)17-10-12-6-5-9-15(18-12)19-2/h3-9,11,17H,10H2,1-2H3. The van der Waals surface area contributed by atoms with Crippen molar-refractivity contribution in [3.63, 3.8) is 0 Å². The van der Waals surface area contributed by atoms with E-state index in [1.165, 1.54) is 0 Å². The lowest BCUT2D eigenvalue weighted by Gasteiger charge is -2.13. The van der Waals surface area contributed by atoms with Crippen LogP contribution < -0.4 is 10.1 Å². The predicted octanol–water partition coefficient (Wildman–Crippen LogP) is 4.00. The zero-order chi connectivity index (χ0) is 13.7. The molecule has 1 unspecified atom stereocenters. The second kappa shape index (κ2) is 6.43. The fourth-order valence-electron chi connectivity index (χ4n) is 1.86. The molecule has 1 heterocycles. The highest BCUT2D eigenvalue weighted by molar-refractivity contribution is 6.21. The molecule has 0 radical (unpaired) electrons. The van der Waals surface area contributed by atoms with E-state index in [4.69, 9.17) is 16.3 Å². The van der Waals surface area contributed by atoms with Crippen LogP contribution in [0.5, 0.6) is 5.88 Å². The van der Waals surface area contributed by atoms with E-state index < -0.39 is 0 Å². The maximum absolute atomic E-state index is 6.16. The third-order valence-corrected chi connectivity index (χ3v) is 3.07. The lowest BCUT2D eigenvalue weighted by molar-refractivity contribution is 0.396. The Kier molecular flexibility index (Phi) is 4.63. The van der Waals surface area contributed by atoms with Crippen molar-refractivity contribution in [2.75, 3.05) is 12.4 Å². The quantitative estimate of drug-likeness (QED) is 0.838. The van der Waals surface area contributed by atoms with Gasteiger partial charge in [0.2, 0.25) is 5.88 Å². The van der Waals surface area contributed by atoms with Gasteiger partial charge in [-0.1, -0.05) is 24.3 Å². The fraction of sp³-hybridized carbons (Fsp3) is 0.267. The first-order chi connectivity index (χ1) is 9.20. The third kappa shape index (κ3) is 3.61. The average Bonchev–Trinajstić information content (AvgIpc) is 2.45. The lowest BCUT2D eigenvalue weighted by atomic mass is 10.1. The summed E-state index contributed by atoms with van der Waals surface area (Å²) in [5.41, 5.74) is 3.05. The van der Waals surface area contributed by atoms with Crippen LogP contribution in [-0.2, 0) is 6.54 Å². The Morgan fingerprint density at radius 2 is 2.00 bits per heavy atom. The van der Waals surface area contributed by atoms with Crippen LogP contribution in [0.2, 0.25) is 0 Å². The summed E-state index contributed by atoms with van der Waals surface area (Å²) in [6.45, 7) is 2.60. The number of alkyl halides is 1. The van der Waals surface area contributed by atoms with E-state index in [2.05, 4.69) is 10.3 Å². The van der Waals surface area contributed by atoms with Gasteiger partial charge in [-0.2, -0.15) is 0 Å². The number of para-hydroxylation sites is 1. The van der Waals surface area contributed by atoms with E-state index in [-0.39, 0.29) is 5.38 Å². The molecule has 4 heteroatoms. The Balaban J connectivity index is 2.10. The lowest BCUT2D eigenvalue weighted by Crippen LogP contribution is -2.04. The van der Waals surface area contributed by atoms with Crippen LogP contribution in [0.3, 0.4) is 0 Å². The van der Waals surface area contributed by atoms with Crippen molar-refractivity contribution in [3.05, 3.63) is 53.7 Å². The SMILES string of the molecule is COc1cccc(CNc2ccccc2C(C)Cl)n1. The number of nitrogens with one attached hydrogen (secondary N) is 1. The van der Waals surface area contributed by atoms with Gasteiger partial charge >= 0.3 is 0 Å². The second-order valence-corrected chi connectivity index (χ2v) is 4.88. The number of anilines is 1. The van der Waals surface area contributed by atoms with Gasteiger partial charge < -0.3 is 10.1 Å². The number of aromatic nitrogens is 1. The summed E-state index contributed by atoms with van der Waals surface area (Å²) in [5, 5.41) is 3.33. The van der Waals surface area contributed by atoms with Gasteiger partial charge in [-0.3, -0.25) is 0 Å². The molecule has 0 aliphatic rings. The van der Waals surface area contributed by atoms with Crippen molar-refractivity contribution >= 4 is 17.3 Å². The van der Waals surface area contributed by atoms with Crippen molar-refractivity contribution in [3.8, 4) is 5.88 Å². The summed E-state index contributed by atoms with van der Waals surface area (Å²) < 4.78 is 5.11. The van der Waals surface area contributed by atoms with Gasteiger partial charge in [-0.25, -0.2) is 4.98 Å². The van der Waals surface area contributed by atoms with Crippen molar-refractivity contribution in [2.45, 2.75) is 18.8 Å². The summed E-state index contributed by atoms with van der Waals surface area (Å²) in [7, 11) is 1.62. The number of hydrogen-bond donors (Lipinski definition) is 1. The van der Waals surface area contributed by atoms with Crippen LogP contribution in [-0.4, -0.2) is 12.1 Å². The van der Waals surface area contributed by atoms with Crippen LogP contribution in [0.4, 0.5) is 5.69 Å². The first-order valence-electron chi connectivity index (χ1n) is 6.17. The highest BCUT2D eigenvalue weighted by Crippen LogP contribution is 2.27. The normalized spacial score (nSPS) is 11.9. The average molecular weight is 277 g/mol. The molecule has 0 spiro atoms. The molecule has 0 saturated carbocycles. The van der Waals surface area contributed by atoms with E-state index >= 15 is 0 Å². The largest absolute Gasteiger partial charge is 0.481 e. The molecule has 2 aromatic rings. The number of methoxy groups -OCH3 is 1. The Morgan fingerprint density at radius 3 is 2.74 bits per heavy atom. The summed E-state index contributed by atoms with van der Waals surface area (Å²) in [6, 6.07) is 13.8. The zero-order valence-electron chi connectivity index (χ0n) is 11.1. The van der Waals surface area contributed by atoms with Crippen LogP contribution >= 0.6 is 11.6 Å². The summed E-state index contributed by atoms with van der Waals surface area (Å²) in [5.74, 6) is 0.623. The maximum Gasteiger partial charge on any atom is 0.213 e. The van der Waals surface area contributed by atoms with Gasteiger partial charge in [0.05, 0.1) is 24.7 Å². The van der Waals surface area contributed by atoms with Crippen molar-refractivity contribution in [1.82, 2.24) is 4.98 Å². The Bertz CT molecular complexity index is 543. The monoisotopic (exact) mass is 276 g/mol. The van der Waals surface area contributed by atoms with Crippen LogP contribution in [0.15, 0.2) is 42.5 Å². The second-order valence-electron chi connectivity index (χ2n) is 4.23. The Morgan fingerprint density at radius 1 is 1.21 bits per heavy atom. The van der Waals surface area contributed by atoms with Gasteiger partial charge in [0, 0.05) is 11.8 Å². The number of nitrogens with zero attached hydrogens (tertiary/aromatic N) is 1.